The van der Waals surface area contributed by atoms with E-state index in [9.17, 15) is 9.59 Å². The average molecular weight is 357 g/mol. The summed E-state index contributed by atoms with van der Waals surface area (Å²) in [7, 11) is 0. The molecular weight excluding hydrogens is 324 g/mol. The lowest BCUT2D eigenvalue weighted by atomic mass is 9.86. The lowest BCUT2D eigenvalue weighted by molar-refractivity contribution is -0.132. The topological polar surface area (TPSA) is 49.4 Å². The van der Waals surface area contributed by atoms with Crippen LogP contribution in [-0.4, -0.2) is 35.8 Å². The fourth-order valence-corrected chi connectivity index (χ4v) is 4.29. The number of benzene rings is 1. The Labute approximate surface area is 157 Å². The Kier molecular flexibility index (Phi) is 7.10. The van der Waals surface area contributed by atoms with Crippen molar-refractivity contribution < 1.29 is 9.59 Å². The fraction of sp³-hybridized carbons (Fsp3) is 0.636. The molecule has 2 fully saturated rings. The molecule has 1 aromatic rings. The summed E-state index contributed by atoms with van der Waals surface area (Å²) in [6.07, 6.45) is 10.6. The van der Waals surface area contributed by atoms with Crippen LogP contribution in [0.4, 0.5) is 0 Å². The third-order valence-electron chi connectivity index (χ3n) is 5.91. The van der Waals surface area contributed by atoms with Crippen molar-refractivity contribution in [1.82, 2.24) is 10.2 Å². The zero-order valence-corrected chi connectivity index (χ0v) is 15.8. The number of rotatable bonds is 6. The van der Waals surface area contributed by atoms with Crippen molar-refractivity contribution in [2.45, 2.75) is 70.3 Å². The van der Waals surface area contributed by atoms with Gasteiger partial charge in [-0.3, -0.25) is 9.59 Å². The normalized spacial score (nSPS) is 19.3. The van der Waals surface area contributed by atoms with Gasteiger partial charge in [-0.1, -0.05) is 62.4 Å². The van der Waals surface area contributed by atoms with Gasteiger partial charge in [0.25, 0.3) is 0 Å². The van der Waals surface area contributed by atoms with Crippen molar-refractivity contribution >= 4 is 11.8 Å². The predicted octanol–water partition coefficient (Wildman–Crippen LogP) is 3.70. The molecule has 2 amide bonds. The van der Waals surface area contributed by atoms with Gasteiger partial charge in [-0.05, 0) is 30.7 Å². The SMILES string of the molecule is O=C(Cc1ccccc1)NC1CCN(C(=O)CCC2CCCCC2)CC1. The molecule has 1 saturated heterocycles. The molecule has 0 spiro atoms. The lowest BCUT2D eigenvalue weighted by Gasteiger charge is -2.33. The van der Waals surface area contributed by atoms with E-state index < -0.39 is 0 Å². The van der Waals surface area contributed by atoms with E-state index in [0.29, 0.717) is 18.7 Å². The molecule has 4 heteroatoms. The van der Waals surface area contributed by atoms with E-state index in [4.69, 9.17) is 0 Å². The van der Waals surface area contributed by atoms with Gasteiger partial charge in [0, 0.05) is 25.6 Å². The molecule has 0 aromatic heterocycles. The van der Waals surface area contributed by atoms with Crippen LogP contribution < -0.4 is 5.32 Å². The van der Waals surface area contributed by atoms with Crippen LogP contribution in [0.1, 0.15) is 63.4 Å². The first kappa shape index (κ1) is 18.9. The highest BCUT2D eigenvalue weighted by Crippen LogP contribution is 2.27. The first-order valence-electron chi connectivity index (χ1n) is 10.3. The summed E-state index contributed by atoms with van der Waals surface area (Å²) >= 11 is 0. The number of hydrogen-bond acceptors (Lipinski definition) is 2. The van der Waals surface area contributed by atoms with Crippen LogP contribution >= 0.6 is 0 Å². The van der Waals surface area contributed by atoms with Gasteiger partial charge in [-0.25, -0.2) is 0 Å². The fourth-order valence-electron chi connectivity index (χ4n) is 4.29. The summed E-state index contributed by atoms with van der Waals surface area (Å²) in [5.74, 6) is 1.16. The standard InChI is InChI=1S/C22H32N2O2/c25-21(17-19-9-5-2-6-10-19)23-20-13-15-24(16-14-20)22(26)12-11-18-7-3-1-4-8-18/h2,5-6,9-10,18,20H,1,3-4,7-8,11-17H2,(H,23,25). The molecule has 1 aliphatic heterocycles. The van der Waals surface area contributed by atoms with Crippen LogP contribution in [0.2, 0.25) is 0 Å². The maximum atomic E-state index is 12.4. The van der Waals surface area contributed by atoms with Gasteiger partial charge in [0.05, 0.1) is 6.42 Å². The van der Waals surface area contributed by atoms with Gasteiger partial charge in [0.1, 0.15) is 0 Å². The van der Waals surface area contributed by atoms with E-state index in [1.807, 2.05) is 35.2 Å². The summed E-state index contributed by atoms with van der Waals surface area (Å²) in [5.41, 5.74) is 1.04. The van der Waals surface area contributed by atoms with Crippen LogP contribution in [0.5, 0.6) is 0 Å². The van der Waals surface area contributed by atoms with Crippen molar-refractivity contribution in [3.05, 3.63) is 35.9 Å². The van der Waals surface area contributed by atoms with Crippen molar-refractivity contribution in [2.75, 3.05) is 13.1 Å². The second-order valence-corrected chi connectivity index (χ2v) is 7.93. The van der Waals surface area contributed by atoms with Crippen LogP contribution in [0.25, 0.3) is 0 Å². The molecule has 1 heterocycles. The number of nitrogens with one attached hydrogen (secondary N) is 1. The molecule has 1 saturated carbocycles. The molecule has 1 aliphatic carbocycles. The highest BCUT2D eigenvalue weighted by Gasteiger charge is 2.24. The minimum atomic E-state index is 0.0817. The Hall–Kier alpha value is -1.84. The summed E-state index contributed by atoms with van der Waals surface area (Å²) in [4.78, 5) is 26.6. The van der Waals surface area contributed by atoms with Crippen molar-refractivity contribution in [3.63, 3.8) is 0 Å². The molecule has 142 valence electrons. The summed E-state index contributed by atoms with van der Waals surface area (Å²) in [5, 5.41) is 3.13. The molecule has 26 heavy (non-hydrogen) atoms. The van der Waals surface area contributed by atoms with Gasteiger partial charge in [0.15, 0.2) is 0 Å². The molecular formula is C22H32N2O2. The molecule has 0 atom stereocenters. The maximum absolute atomic E-state index is 12.4. The second-order valence-electron chi connectivity index (χ2n) is 7.93. The molecule has 3 rings (SSSR count). The largest absolute Gasteiger partial charge is 0.353 e. The number of hydrogen-bond donors (Lipinski definition) is 1. The Morgan fingerprint density at radius 3 is 2.35 bits per heavy atom. The van der Waals surface area contributed by atoms with E-state index in [1.54, 1.807) is 0 Å². The first-order valence-corrected chi connectivity index (χ1v) is 10.3. The molecule has 0 bridgehead atoms. The monoisotopic (exact) mass is 356 g/mol. The zero-order chi connectivity index (χ0) is 18.2. The van der Waals surface area contributed by atoms with Gasteiger partial charge in [-0.2, -0.15) is 0 Å². The van der Waals surface area contributed by atoms with E-state index in [0.717, 1.165) is 43.8 Å². The van der Waals surface area contributed by atoms with E-state index >= 15 is 0 Å². The highest BCUT2D eigenvalue weighted by atomic mass is 16.2. The lowest BCUT2D eigenvalue weighted by Crippen LogP contribution is -2.46. The number of piperidine rings is 1. The van der Waals surface area contributed by atoms with Crippen LogP contribution in [0.15, 0.2) is 30.3 Å². The molecule has 1 N–H and O–H groups in total. The number of likely N-dealkylation sites (tertiary alicyclic amines) is 1. The Balaban J connectivity index is 1.34. The third-order valence-corrected chi connectivity index (χ3v) is 5.91. The Bertz CT molecular complexity index is 573. The summed E-state index contributed by atoms with van der Waals surface area (Å²) < 4.78 is 0. The number of amides is 2. The summed E-state index contributed by atoms with van der Waals surface area (Å²) in [6, 6.07) is 10.0. The predicted molar refractivity (Wildman–Crippen MR) is 104 cm³/mol. The molecule has 4 nitrogen and oxygen atoms in total. The van der Waals surface area contributed by atoms with Gasteiger partial charge < -0.3 is 10.2 Å². The Morgan fingerprint density at radius 2 is 1.65 bits per heavy atom. The molecule has 1 aromatic carbocycles. The number of carbonyl (C=O) groups excluding carboxylic acids is 2. The summed E-state index contributed by atoms with van der Waals surface area (Å²) in [6.45, 7) is 1.56. The van der Waals surface area contributed by atoms with Gasteiger partial charge in [-0.15, -0.1) is 0 Å². The van der Waals surface area contributed by atoms with Crippen LogP contribution in [0, 0.1) is 5.92 Å². The quantitative estimate of drug-likeness (QED) is 0.845. The number of nitrogens with zero attached hydrogens (tertiary/aromatic N) is 1. The van der Waals surface area contributed by atoms with Gasteiger partial charge in [0.2, 0.25) is 11.8 Å². The van der Waals surface area contributed by atoms with E-state index in [2.05, 4.69) is 5.32 Å². The third kappa shape index (κ3) is 5.86. The molecule has 0 unspecified atom stereocenters. The average Bonchev–Trinajstić information content (AvgIpc) is 2.68. The maximum Gasteiger partial charge on any atom is 0.224 e. The number of carbonyl (C=O) groups is 2. The van der Waals surface area contributed by atoms with E-state index in [-0.39, 0.29) is 11.9 Å². The van der Waals surface area contributed by atoms with Crippen LogP contribution in [-0.2, 0) is 16.0 Å². The van der Waals surface area contributed by atoms with E-state index in [1.165, 1.54) is 32.1 Å². The molecule has 2 aliphatic rings. The van der Waals surface area contributed by atoms with Crippen molar-refractivity contribution in [1.29, 1.82) is 0 Å². The highest BCUT2D eigenvalue weighted by molar-refractivity contribution is 5.79. The first-order chi connectivity index (χ1) is 12.7. The minimum absolute atomic E-state index is 0.0817. The van der Waals surface area contributed by atoms with Gasteiger partial charge >= 0.3 is 0 Å². The second kappa shape index (κ2) is 9.75. The zero-order valence-electron chi connectivity index (χ0n) is 15.8. The molecule has 0 radical (unpaired) electrons. The smallest absolute Gasteiger partial charge is 0.224 e. The van der Waals surface area contributed by atoms with Crippen molar-refractivity contribution in [2.24, 2.45) is 5.92 Å². The van der Waals surface area contributed by atoms with Crippen molar-refractivity contribution in [3.8, 4) is 0 Å². The van der Waals surface area contributed by atoms with Crippen LogP contribution in [0.3, 0.4) is 0 Å². The minimum Gasteiger partial charge on any atom is -0.353 e. The Morgan fingerprint density at radius 1 is 0.962 bits per heavy atom.